The van der Waals surface area contributed by atoms with Crippen molar-refractivity contribution in [1.82, 2.24) is 4.72 Å². The van der Waals surface area contributed by atoms with E-state index >= 15 is 0 Å². The standard InChI is InChI=1S/C9H10ClFN2O4S/c10-5-1-2-8(6(11)3-5)18(16,17)13-4-7(14)9(12)15/h1-3,7,13-14H,4H2,(H2,12,15). The van der Waals surface area contributed by atoms with Gasteiger partial charge in [0.25, 0.3) is 0 Å². The Morgan fingerprint density at radius 3 is 2.67 bits per heavy atom. The molecule has 0 aliphatic carbocycles. The maximum absolute atomic E-state index is 13.4. The second kappa shape index (κ2) is 5.61. The van der Waals surface area contributed by atoms with Crippen molar-refractivity contribution in [2.24, 2.45) is 5.73 Å². The van der Waals surface area contributed by atoms with Gasteiger partial charge in [0, 0.05) is 11.6 Å². The van der Waals surface area contributed by atoms with Crippen LogP contribution in [-0.4, -0.2) is 32.1 Å². The van der Waals surface area contributed by atoms with Gasteiger partial charge in [0.1, 0.15) is 16.8 Å². The zero-order valence-corrected chi connectivity index (χ0v) is 10.5. The van der Waals surface area contributed by atoms with Gasteiger partial charge in [0.15, 0.2) is 0 Å². The Kier molecular flexibility index (Phi) is 4.63. The fourth-order valence-electron chi connectivity index (χ4n) is 1.06. The summed E-state index contributed by atoms with van der Waals surface area (Å²) in [6, 6.07) is 3.00. The van der Waals surface area contributed by atoms with E-state index in [2.05, 4.69) is 0 Å². The van der Waals surface area contributed by atoms with Gasteiger partial charge in [-0.25, -0.2) is 17.5 Å². The zero-order chi connectivity index (χ0) is 13.9. The van der Waals surface area contributed by atoms with Crippen molar-refractivity contribution in [1.29, 1.82) is 0 Å². The number of nitrogens with two attached hydrogens (primary N) is 1. The van der Waals surface area contributed by atoms with Gasteiger partial charge in [0.05, 0.1) is 0 Å². The first-order valence-electron chi connectivity index (χ1n) is 4.66. The molecule has 0 aliphatic heterocycles. The largest absolute Gasteiger partial charge is 0.382 e. The van der Waals surface area contributed by atoms with Crippen LogP contribution >= 0.6 is 11.6 Å². The van der Waals surface area contributed by atoms with Crippen molar-refractivity contribution in [3.63, 3.8) is 0 Å². The second-order valence-corrected chi connectivity index (χ2v) is 5.52. The third kappa shape index (κ3) is 3.64. The van der Waals surface area contributed by atoms with Gasteiger partial charge in [-0.05, 0) is 18.2 Å². The summed E-state index contributed by atoms with van der Waals surface area (Å²) >= 11 is 5.48. The molecule has 4 N–H and O–H groups in total. The zero-order valence-electron chi connectivity index (χ0n) is 8.93. The fraction of sp³-hybridized carbons (Fsp3) is 0.222. The van der Waals surface area contributed by atoms with E-state index in [-0.39, 0.29) is 5.02 Å². The normalized spacial score (nSPS) is 13.3. The van der Waals surface area contributed by atoms with Gasteiger partial charge >= 0.3 is 0 Å². The molecule has 9 heteroatoms. The number of amides is 1. The number of nitrogens with one attached hydrogen (secondary N) is 1. The Hall–Kier alpha value is -1.22. The molecule has 100 valence electrons. The molecule has 0 heterocycles. The van der Waals surface area contributed by atoms with Gasteiger partial charge in [-0.2, -0.15) is 0 Å². The predicted molar refractivity (Wildman–Crippen MR) is 61.8 cm³/mol. The molecule has 0 bridgehead atoms. The maximum Gasteiger partial charge on any atom is 0.247 e. The van der Waals surface area contributed by atoms with Crippen molar-refractivity contribution >= 4 is 27.5 Å². The fourth-order valence-corrected chi connectivity index (χ4v) is 2.31. The van der Waals surface area contributed by atoms with Crippen LogP contribution in [0.5, 0.6) is 0 Å². The van der Waals surface area contributed by atoms with Gasteiger partial charge in [-0.15, -0.1) is 0 Å². The molecule has 1 unspecified atom stereocenters. The number of rotatable bonds is 5. The van der Waals surface area contributed by atoms with Crippen molar-refractivity contribution in [3.8, 4) is 0 Å². The van der Waals surface area contributed by atoms with Crippen LogP contribution in [0.15, 0.2) is 23.1 Å². The molecule has 1 aromatic rings. The summed E-state index contributed by atoms with van der Waals surface area (Å²) in [5.41, 5.74) is 4.74. The summed E-state index contributed by atoms with van der Waals surface area (Å²) < 4.78 is 38.5. The molecule has 1 amide bonds. The smallest absolute Gasteiger partial charge is 0.247 e. The average Bonchev–Trinajstić information content (AvgIpc) is 2.25. The Balaban J connectivity index is 2.90. The monoisotopic (exact) mass is 296 g/mol. The summed E-state index contributed by atoms with van der Waals surface area (Å²) in [7, 11) is -4.19. The number of carbonyl (C=O) groups excluding carboxylic acids is 1. The van der Waals surface area contributed by atoms with E-state index in [4.69, 9.17) is 22.4 Å². The van der Waals surface area contributed by atoms with Crippen molar-refractivity contribution < 1.29 is 22.7 Å². The van der Waals surface area contributed by atoms with E-state index in [1.807, 2.05) is 4.72 Å². The minimum Gasteiger partial charge on any atom is -0.382 e. The van der Waals surface area contributed by atoms with E-state index in [1.54, 1.807) is 0 Å². The topological polar surface area (TPSA) is 109 Å². The van der Waals surface area contributed by atoms with Crippen LogP contribution in [-0.2, 0) is 14.8 Å². The molecule has 0 spiro atoms. The highest BCUT2D eigenvalue weighted by molar-refractivity contribution is 7.89. The molecule has 18 heavy (non-hydrogen) atoms. The summed E-state index contributed by atoms with van der Waals surface area (Å²) in [6.45, 7) is -0.639. The van der Waals surface area contributed by atoms with E-state index in [9.17, 15) is 17.6 Å². The van der Waals surface area contributed by atoms with E-state index in [0.29, 0.717) is 0 Å². The van der Waals surface area contributed by atoms with Gasteiger partial charge in [0.2, 0.25) is 15.9 Å². The summed E-state index contributed by atoms with van der Waals surface area (Å²) in [4.78, 5) is 9.87. The molecule has 1 rings (SSSR count). The van der Waals surface area contributed by atoms with Crippen LogP contribution in [0.2, 0.25) is 5.02 Å². The summed E-state index contributed by atoms with van der Waals surface area (Å²) in [5, 5.41) is 9.08. The molecule has 1 atom stereocenters. The second-order valence-electron chi connectivity index (χ2n) is 3.34. The quantitative estimate of drug-likeness (QED) is 0.687. The lowest BCUT2D eigenvalue weighted by Gasteiger charge is -2.10. The first kappa shape index (κ1) is 14.8. The molecular formula is C9H10ClFN2O4S. The van der Waals surface area contributed by atoms with Gasteiger partial charge in [-0.3, -0.25) is 4.79 Å². The third-order valence-electron chi connectivity index (χ3n) is 1.98. The van der Waals surface area contributed by atoms with Crippen molar-refractivity contribution in [3.05, 3.63) is 29.0 Å². The van der Waals surface area contributed by atoms with Crippen LogP contribution in [0.4, 0.5) is 4.39 Å². The van der Waals surface area contributed by atoms with Crippen molar-refractivity contribution in [2.45, 2.75) is 11.0 Å². The number of aliphatic hydroxyl groups is 1. The van der Waals surface area contributed by atoms with Crippen LogP contribution in [0, 0.1) is 5.82 Å². The van der Waals surface area contributed by atoms with Gasteiger partial charge < -0.3 is 10.8 Å². The molecule has 0 fully saturated rings. The number of primary amides is 1. The molecular weight excluding hydrogens is 287 g/mol. The molecule has 0 radical (unpaired) electrons. The molecule has 6 nitrogen and oxygen atoms in total. The number of benzene rings is 1. The molecule has 0 saturated heterocycles. The number of halogens is 2. The maximum atomic E-state index is 13.4. The number of hydrogen-bond donors (Lipinski definition) is 3. The Morgan fingerprint density at radius 2 is 2.17 bits per heavy atom. The highest BCUT2D eigenvalue weighted by atomic mass is 35.5. The number of carbonyl (C=O) groups is 1. The SMILES string of the molecule is NC(=O)C(O)CNS(=O)(=O)c1ccc(Cl)cc1F. The molecule has 0 aromatic heterocycles. The summed E-state index contributed by atoms with van der Waals surface area (Å²) in [5.74, 6) is -2.13. The lowest BCUT2D eigenvalue weighted by Crippen LogP contribution is -2.40. The molecule has 1 aromatic carbocycles. The molecule has 0 aliphatic rings. The Morgan fingerprint density at radius 1 is 1.56 bits per heavy atom. The van der Waals surface area contributed by atoms with E-state index in [0.717, 1.165) is 12.1 Å². The first-order chi connectivity index (χ1) is 8.24. The van der Waals surface area contributed by atoms with Crippen LogP contribution in [0.3, 0.4) is 0 Å². The molecule has 0 saturated carbocycles. The van der Waals surface area contributed by atoms with E-state index in [1.165, 1.54) is 6.07 Å². The van der Waals surface area contributed by atoms with Crippen LogP contribution < -0.4 is 10.5 Å². The minimum atomic E-state index is -4.19. The highest BCUT2D eigenvalue weighted by Crippen LogP contribution is 2.18. The minimum absolute atomic E-state index is 0.0450. The average molecular weight is 297 g/mol. The lowest BCUT2D eigenvalue weighted by molar-refractivity contribution is -0.125. The predicted octanol–water partition coefficient (Wildman–Crippen LogP) is -0.396. The Bertz CT molecular complexity index is 564. The number of aliphatic hydroxyl groups excluding tert-OH is 1. The number of sulfonamides is 1. The van der Waals surface area contributed by atoms with Crippen LogP contribution in [0.25, 0.3) is 0 Å². The highest BCUT2D eigenvalue weighted by Gasteiger charge is 2.21. The number of hydrogen-bond acceptors (Lipinski definition) is 4. The summed E-state index contributed by atoms with van der Waals surface area (Å²) in [6.07, 6.45) is -1.69. The van der Waals surface area contributed by atoms with Crippen molar-refractivity contribution in [2.75, 3.05) is 6.54 Å². The van der Waals surface area contributed by atoms with Gasteiger partial charge in [-0.1, -0.05) is 11.6 Å². The lowest BCUT2D eigenvalue weighted by atomic mass is 10.3. The third-order valence-corrected chi connectivity index (χ3v) is 3.67. The van der Waals surface area contributed by atoms with E-state index < -0.39 is 39.3 Å². The van der Waals surface area contributed by atoms with Crippen LogP contribution in [0.1, 0.15) is 0 Å². The Labute approximate surface area is 108 Å². The first-order valence-corrected chi connectivity index (χ1v) is 6.52.